The van der Waals surface area contributed by atoms with E-state index in [0.29, 0.717) is 25.0 Å². The van der Waals surface area contributed by atoms with Crippen LogP contribution >= 0.6 is 0 Å². The van der Waals surface area contributed by atoms with Crippen LogP contribution in [-0.2, 0) is 10.0 Å². The van der Waals surface area contributed by atoms with Gasteiger partial charge in [0.1, 0.15) is 10.7 Å². The van der Waals surface area contributed by atoms with Crippen LogP contribution in [0.15, 0.2) is 35.2 Å². The Kier molecular flexibility index (Phi) is 6.68. The smallest absolute Gasteiger partial charge is 0.255 e. The van der Waals surface area contributed by atoms with E-state index in [2.05, 4.69) is 5.32 Å². The number of anilines is 1. The first-order chi connectivity index (χ1) is 14.5. The third-order valence-electron chi connectivity index (χ3n) is 5.04. The van der Waals surface area contributed by atoms with E-state index < -0.39 is 61.9 Å². The molecule has 2 aromatic carbocycles. The maximum Gasteiger partial charge on any atom is 0.255 e. The van der Waals surface area contributed by atoms with Crippen LogP contribution in [0.2, 0.25) is 0 Å². The van der Waals surface area contributed by atoms with Gasteiger partial charge in [-0.25, -0.2) is 26.0 Å². The van der Waals surface area contributed by atoms with Gasteiger partial charge in [-0.2, -0.15) is 4.31 Å². The maximum absolute atomic E-state index is 14.4. The van der Waals surface area contributed by atoms with E-state index >= 15 is 0 Å². The number of hydrogen-bond donors (Lipinski definition) is 2. The third-order valence-corrected chi connectivity index (χ3v) is 7.07. The number of hydrogen-bond acceptors (Lipinski definition) is 4. The average molecular weight is 460 g/mol. The minimum absolute atomic E-state index is 0.0740. The molecule has 0 saturated carbocycles. The molecule has 1 aliphatic heterocycles. The highest BCUT2D eigenvalue weighted by Gasteiger charge is 2.34. The van der Waals surface area contributed by atoms with Gasteiger partial charge in [0.05, 0.1) is 6.10 Å². The monoisotopic (exact) mass is 460 g/mol. The van der Waals surface area contributed by atoms with E-state index in [9.17, 15) is 35.9 Å². The second kappa shape index (κ2) is 8.93. The Morgan fingerprint density at radius 1 is 1.10 bits per heavy atom. The Balaban J connectivity index is 1.91. The fourth-order valence-corrected chi connectivity index (χ4v) is 5.26. The maximum atomic E-state index is 14.4. The molecule has 0 spiro atoms. The molecule has 1 fully saturated rings. The van der Waals surface area contributed by atoms with Crippen LogP contribution in [0.25, 0.3) is 0 Å². The highest BCUT2D eigenvalue weighted by molar-refractivity contribution is 7.89. The van der Waals surface area contributed by atoms with E-state index in [1.165, 1.54) is 0 Å². The van der Waals surface area contributed by atoms with Crippen molar-refractivity contribution in [3.63, 3.8) is 0 Å². The number of aliphatic hydroxyl groups excluding tert-OH is 1. The van der Waals surface area contributed by atoms with Crippen molar-refractivity contribution in [1.82, 2.24) is 4.31 Å². The molecule has 1 saturated heterocycles. The van der Waals surface area contributed by atoms with Crippen molar-refractivity contribution >= 4 is 21.6 Å². The second-order valence-corrected chi connectivity index (χ2v) is 9.21. The summed E-state index contributed by atoms with van der Waals surface area (Å²) in [5.74, 6) is -6.79. The normalized spacial score (nSPS) is 20.3. The molecule has 0 aromatic heterocycles. The summed E-state index contributed by atoms with van der Waals surface area (Å²) in [6, 6.07) is 3.15. The zero-order valence-electron chi connectivity index (χ0n) is 16.4. The van der Waals surface area contributed by atoms with E-state index in [4.69, 9.17) is 0 Å². The molecular formula is C20H20F4N2O4S. The van der Waals surface area contributed by atoms with Gasteiger partial charge < -0.3 is 10.4 Å². The predicted octanol–water partition coefficient (Wildman–Crippen LogP) is 3.42. The van der Waals surface area contributed by atoms with Gasteiger partial charge in [-0.15, -0.1) is 0 Å². The number of nitrogens with zero attached hydrogens (tertiary/aromatic N) is 1. The minimum atomic E-state index is -4.34. The Hall–Kier alpha value is -2.50. The fourth-order valence-electron chi connectivity index (χ4n) is 3.49. The molecule has 1 heterocycles. The van der Waals surface area contributed by atoms with Gasteiger partial charge in [-0.05, 0) is 44.4 Å². The molecule has 2 N–H and O–H groups in total. The third kappa shape index (κ3) is 4.89. The molecule has 31 heavy (non-hydrogen) atoms. The first-order valence-electron chi connectivity index (χ1n) is 9.46. The first kappa shape index (κ1) is 23.2. The Morgan fingerprint density at radius 3 is 2.39 bits per heavy atom. The van der Waals surface area contributed by atoms with E-state index in [-0.39, 0.29) is 18.5 Å². The number of amides is 1. The lowest BCUT2D eigenvalue weighted by atomic mass is 10.1. The van der Waals surface area contributed by atoms with Crippen molar-refractivity contribution in [2.45, 2.75) is 43.2 Å². The summed E-state index contributed by atoms with van der Waals surface area (Å²) in [4.78, 5) is 11.7. The lowest BCUT2D eigenvalue weighted by Crippen LogP contribution is -2.39. The summed E-state index contributed by atoms with van der Waals surface area (Å²) in [6.07, 6.45) is 0.303. The number of carbonyl (C=O) groups is 1. The van der Waals surface area contributed by atoms with Crippen molar-refractivity contribution in [3.05, 3.63) is 59.2 Å². The topological polar surface area (TPSA) is 86.7 Å². The van der Waals surface area contributed by atoms with Gasteiger partial charge in [0.2, 0.25) is 10.0 Å². The minimum Gasteiger partial charge on any atom is -0.393 e. The van der Waals surface area contributed by atoms with Crippen molar-refractivity contribution in [2.24, 2.45) is 0 Å². The number of sulfonamides is 1. The van der Waals surface area contributed by atoms with Gasteiger partial charge in [-0.3, -0.25) is 4.79 Å². The molecule has 6 nitrogen and oxygen atoms in total. The van der Waals surface area contributed by atoms with Crippen LogP contribution in [0.5, 0.6) is 0 Å². The SMILES string of the molecule is CC1CC(O)CCCN1S(=O)(=O)c1cc(C(=O)Nc2cc(F)c(F)c(F)c2)ccc1F. The highest BCUT2D eigenvalue weighted by atomic mass is 32.2. The van der Waals surface area contributed by atoms with Gasteiger partial charge in [0.25, 0.3) is 5.91 Å². The van der Waals surface area contributed by atoms with Crippen LogP contribution < -0.4 is 5.32 Å². The van der Waals surface area contributed by atoms with Gasteiger partial charge in [0, 0.05) is 36.0 Å². The first-order valence-corrected chi connectivity index (χ1v) is 10.9. The number of benzene rings is 2. The summed E-state index contributed by atoms with van der Waals surface area (Å²) >= 11 is 0. The molecule has 0 bridgehead atoms. The molecule has 168 valence electrons. The molecule has 0 aliphatic carbocycles. The number of rotatable bonds is 4. The van der Waals surface area contributed by atoms with Crippen LogP contribution in [0.1, 0.15) is 36.5 Å². The molecule has 0 radical (unpaired) electrons. The highest BCUT2D eigenvalue weighted by Crippen LogP contribution is 2.27. The number of halogens is 4. The summed E-state index contributed by atoms with van der Waals surface area (Å²) < 4.78 is 81.4. The van der Waals surface area contributed by atoms with E-state index in [1.54, 1.807) is 6.92 Å². The quantitative estimate of drug-likeness (QED) is 0.541. The second-order valence-electron chi connectivity index (χ2n) is 7.35. The molecule has 11 heteroatoms. The van der Waals surface area contributed by atoms with Crippen molar-refractivity contribution in [2.75, 3.05) is 11.9 Å². The Morgan fingerprint density at radius 2 is 1.74 bits per heavy atom. The summed E-state index contributed by atoms with van der Waals surface area (Å²) in [5.41, 5.74) is -0.683. The van der Waals surface area contributed by atoms with Crippen LogP contribution in [0, 0.1) is 23.3 Å². The molecule has 1 amide bonds. The Labute approximate surface area is 176 Å². The van der Waals surface area contributed by atoms with Crippen LogP contribution in [-0.4, -0.2) is 42.4 Å². The fraction of sp³-hybridized carbons (Fsp3) is 0.350. The number of aliphatic hydroxyl groups is 1. The molecule has 2 atom stereocenters. The molecule has 3 rings (SSSR count). The molecular weight excluding hydrogens is 440 g/mol. The summed E-state index contributed by atoms with van der Waals surface area (Å²) in [7, 11) is -4.34. The van der Waals surface area contributed by atoms with Gasteiger partial charge >= 0.3 is 0 Å². The summed E-state index contributed by atoms with van der Waals surface area (Å²) in [6.45, 7) is 1.67. The number of nitrogens with one attached hydrogen (secondary N) is 1. The average Bonchev–Trinajstić information content (AvgIpc) is 2.86. The summed E-state index contributed by atoms with van der Waals surface area (Å²) in [5, 5.41) is 12.0. The number of carbonyl (C=O) groups excluding carboxylic acids is 1. The van der Waals surface area contributed by atoms with Gasteiger partial charge in [0.15, 0.2) is 17.5 Å². The molecule has 1 aliphatic rings. The van der Waals surface area contributed by atoms with Crippen molar-refractivity contribution < 1.29 is 35.9 Å². The molecule has 2 aromatic rings. The van der Waals surface area contributed by atoms with E-state index in [0.717, 1.165) is 22.5 Å². The lowest BCUT2D eigenvalue weighted by molar-refractivity contribution is 0.102. The van der Waals surface area contributed by atoms with E-state index in [1.807, 2.05) is 0 Å². The predicted molar refractivity (Wildman–Crippen MR) is 104 cm³/mol. The van der Waals surface area contributed by atoms with Gasteiger partial charge in [-0.1, -0.05) is 0 Å². The zero-order valence-corrected chi connectivity index (χ0v) is 17.2. The zero-order chi connectivity index (χ0) is 22.9. The molecule has 2 unspecified atom stereocenters. The van der Waals surface area contributed by atoms with Crippen molar-refractivity contribution in [3.8, 4) is 0 Å². The van der Waals surface area contributed by atoms with Crippen LogP contribution in [0.3, 0.4) is 0 Å². The standard InChI is InChI=1S/C20H20F4N2O4S/c1-11-7-14(27)3-2-6-26(11)31(29,30)18-8-12(4-5-15(18)21)20(28)25-13-9-16(22)19(24)17(23)10-13/h4-5,8-11,14,27H,2-3,6-7H2,1H3,(H,25,28). The van der Waals surface area contributed by atoms with Crippen LogP contribution in [0.4, 0.5) is 23.2 Å². The Bertz CT molecular complexity index is 1090. The van der Waals surface area contributed by atoms with Crippen molar-refractivity contribution in [1.29, 1.82) is 0 Å². The lowest BCUT2D eigenvalue weighted by Gasteiger charge is -2.27. The largest absolute Gasteiger partial charge is 0.393 e.